The molecular formula is C14H19N3O4. The van der Waals surface area contributed by atoms with E-state index >= 15 is 0 Å². The van der Waals surface area contributed by atoms with Gasteiger partial charge in [-0.2, -0.15) is 0 Å². The molecule has 1 aromatic rings. The second-order valence-corrected chi connectivity index (χ2v) is 5.35. The van der Waals surface area contributed by atoms with Crippen LogP contribution >= 0.6 is 0 Å². The lowest BCUT2D eigenvalue weighted by Crippen LogP contribution is -2.44. The number of piperidine rings is 1. The third kappa shape index (κ3) is 2.73. The minimum absolute atomic E-state index is 0.0623. The summed E-state index contributed by atoms with van der Waals surface area (Å²) >= 11 is 0. The number of hydrogen-bond acceptors (Lipinski definition) is 6. The van der Waals surface area contributed by atoms with E-state index < -0.39 is 0 Å². The van der Waals surface area contributed by atoms with Gasteiger partial charge >= 0.3 is 0 Å². The van der Waals surface area contributed by atoms with Crippen LogP contribution in [0.25, 0.3) is 0 Å². The smallest absolute Gasteiger partial charge is 0.296 e. The van der Waals surface area contributed by atoms with Gasteiger partial charge in [-0.05, 0) is 19.4 Å². The zero-order valence-electron chi connectivity index (χ0n) is 12.0. The maximum atomic E-state index is 11.4. The molecule has 114 valence electrons. The summed E-state index contributed by atoms with van der Waals surface area (Å²) in [6.45, 7) is 2.74. The van der Waals surface area contributed by atoms with Crippen LogP contribution in [0, 0.1) is 10.1 Å². The van der Waals surface area contributed by atoms with E-state index in [0.717, 1.165) is 25.9 Å². The lowest BCUT2D eigenvalue weighted by molar-refractivity contribution is -0.384. The van der Waals surface area contributed by atoms with Crippen LogP contribution in [-0.4, -0.2) is 44.3 Å². The van der Waals surface area contributed by atoms with Gasteiger partial charge in [0.15, 0.2) is 11.5 Å². The molecule has 0 saturated carbocycles. The zero-order chi connectivity index (χ0) is 14.8. The number of nitrogens with one attached hydrogen (secondary N) is 1. The molecule has 0 aliphatic carbocycles. The van der Waals surface area contributed by atoms with Crippen molar-refractivity contribution in [3.05, 3.63) is 22.2 Å². The van der Waals surface area contributed by atoms with E-state index in [0.29, 0.717) is 30.4 Å². The molecule has 1 fully saturated rings. The van der Waals surface area contributed by atoms with E-state index in [1.807, 2.05) is 11.9 Å². The van der Waals surface area contributed by atoms with Crippen molar-refractivity contribution in [1.29, 1.82) is 0 Å². The highest BCUT2D eigenvalue weighted by Crippen LogP contribution is 2.41. The van der Waals surface area contributed by atoms with Gasteiger partial charge in [-0.3, -0.25) is 10.1 Å². The number of rotatable bonds is 3. The summed E-state index contributed by atoms with van der Waals surface area (Å²) < 4.78 is 11.0. The Kier molecular flexibility index (Phi) is 3.83. The van der Waals surface area contributed by atoms with E-state index in [4.69, 9.17) is 9.47 Å². The molecule has 0 radical (unpaired) electrons. The first-order valence-corrected chi connectivity index (χ1v) is 7.18. The Balaban J connectivity index is 1.96. The van der Waals surface area contributed by atoms with Crippen LogP contribution in [0.2, 0.25) is 0 Å². The highest BCUT2D eigenvalue weighted by atomic mass is 16.6. The molecule has 7 heteroatoms. The Labute approximate surface area is 123 Å². The topological polar surface area (TPSA) is 76.9 Å². The summed E-state index contributed by atoms with van der Waals surface area (Å²) in [5.74, 6) is 1.03. The monoisotopic (exact) mass is 293 g/mol. The van der Waals surface area contributed by atoms with Crippen LogP contribution in [0.3, 0.4) is 0 Å². The van der Waals surface area contributed by atoms with Crippen LogP contribution in [0.4, 0.5) is 11.4 Å². The molecule has 7 nitrogen and oxygen atoms in total. The average molecular weight is 293 g/mol. The molecule has 1 aromatic carbocycles. The summed E-state index contributed by atoms with van der Waals surface area (Å²) in [5.41, 5.74) is 0.644. The molecular weight excluding hydrogens is 274 g/mol. The fraction of sp³-hybridized carbons (Fsp3) is 0.571. The first kappa shape index (κ1) is 13.9. The predicted molar refractivity (Wildman–Crippen MR) is 78.4 cm³/mol. The van der Waals surface area contributed by atoms with E-state index in [2.05, 4.69) is 5.32 Å². The number of benzene rings is 1. The third-order valence-electron chi connectivity index (χ3n) is 4.03. The van der Waals surface area contributed by atoms with Crippen LogP contribution in [0.15, 0.2) is 12.1 Å². The molecule has 1 saturated heterocycles. The first-order valence-electron chi connectivity index (χ1n) is 7.18. The molecule has 2 aliphatic rings. The fourth-order valence-electron chi connectivity index (χ4n) is 2.86. The summed E-state index contributed by atoms with van der Waals surface area (Å²) in [4.78, 5) is 13.0. The molecule has 1 unspecified atom stereocenters. The van der Waals surface area contributed by atoms with Crippen molar-refractivity contribution in [2.24, 2.45) is 0 Å². The summed E-state index contributed by atoms with van der Waals surface area (Å²) in [6, 6.07) is 3.44. The highest BCUT2D eigenvalue weighted by Gasteiger charge is 2.28. The molecule has 0 spiro atoms. The maximum absolute atomic E-state index is 11.4. The lowest BCUT2D eigenvalue weighted by atomic mass is 10.0. The van der Waals surface area contributed by atoms with Crippen molar-refractivity contribution in [2.45, 2.75) is 18.9 Å². The Hall–Kier alpha value is -2.02. The van der Waals surface area contributed by atoms with Gasteiger partial charge in [-0.25, -0.2) is 0 Å². The van der Waals surface area contributed by atoms with Gasteiger partial charge in [-0.15, -0.1) is 0 Å². The van der Waals surface area contributed by atoms with Crippen molar-refractivity contribution in [2.75, 3.05) is 38.3 Å². The van der Waals surface area contributed by atoms with Gasteiger partial charge in [0, 0.05) is 25.7 Å². The number of hydrogen-bond donors (Lipinski definition) is 1. The van der Waals surface area contributed by atoms with Gasteiger partial charge in [0.25, 0.3) is 5.69 Å². The minimum Gasteiger partial charge on any atom is -0.486 e. The molecule has 2 aliphatic heterocycles. The van der Waals surface area contributed by atoms with Gasteiger partial charge < -0.3 is 19.7 Å². The molecule has 0 aromatic heterocycles. The third-order valence-corrected chi connectivity index (χ3v) is 4.03. The van der Waals surface area contributed by atoms with E-state index in [1.165, 1.54) is 6.07 Å². The van der Waals surface area contributed by atoms with Crippen molar-refractivity contribution in [3.8, 4) is 11.5 Å². The zero-order valence-corrected chi connectivity index (χ0v) is 12.0. The predicted octanol–water partition coefficient (Wildman–Crippen LogP) is 1.55. The summed E-state index contributed by atoms with van der Waals surface area (Å²) in [7, 11) is 1.90. The second kappa shape index (κ2) is 5.77. The van der Waals surface area contributed by atoms with Crippen molar-refractivity contribution >= 4 is 11.4 Å². The number of anilines is 1. The van der Waals surface area contributed by atoms with Crippen molar-refractivity contribution in [3.63, 3.8) is 0 Å². The van der Waals surface area contributed by atoms with Crippen LogP contribution in [0.1, 0.15) is 12.8 Å². The Bertz CT molecular complexity index is 543. The molecule has 1 N–H and O–H groups in total. The second-order valence-electron chi connectivity index (χ2n) is 5.35. The quantitative estimate of drug-likeness (QED) is 0.673. The highest BCUT2D eigenvalue weighted by molar-refractivity contribution is 5.70. The number of nitro groups is 1. The Morgan fingerprint density at radius 3 is 2.67 bits per heavy atom. The number of fused-ring (bicyclic) bond motifs is 1. The fourth-order valence-corrected chi connectivity index (χ4v) is 2.86. The lowest BCUT2D eigenvalue weighted by Gasteiger charge is -2.33. The van der Waals surface area contributed by atoms with E-state index in [-0.39, 0.29) is 16.7 Å². The number of likely N-dealkylation sites (N-methyl/N-ethyl adjacent to an activating group) is 1. The van der Waals surface area contributed by atoms with E-state index in [9.17, 15) is 10.1 Å². The number of nitrogens with zero attached hydrogens (tertiary/aromatic N) is 2. The molecule has 0 amide bonds. The van der Waals surface area contributed by atoms with Gasteiger partial charge in [0.05, 0.1) is 11.0 Å². The summed E-state index contributed by atoms with van der Waals surface area (Å²) in [5, 5.41) is 14.7. The summed E-state index contributed by atoms with van der Waals surface area (Å²) in [6.07, 6.45) is 2.10. The SMILES string of the molecule is CN(c1cc2c(cc1[N+](=O)[O-])OCCO2)C1CCCNC1. The average Bonchev–Trinajstić information content (AvgIpc) is 2.53. The van der Waals surface area contributed by atoms with Crippen molar-refractivity contribution < 1.29 is 14.4 Å². The Morgan fingerprint density at radius 2 is 2.05 bits per heavy atom. The van der Waals surface area contributed by atoms with Crippen molar-refractivity contribution in [1.82, 2.24) is 5.32 Å². The number of ether oxygens (including phenoxy) is 2. The van der Waals surface area contributed by atoms with Gasteiger partial charge in [0.2, 0.25) is 0 Å². The van der Waals surface area contributed by atoms with E-state index in [1.54, 1.807) is 6.07 Å². The molecule has 21 heavy (non-hydrogen) atoms. The number of nitro benzene ring substituents is 1. The molecule has 1 atom stereocenters. The largest absolute Gasteiger partial charge is 0.486 e. The first-order chi connectivity index (χ1) is 10.2. The van der Waals surface area contributed by atoms with Gasteiger partial charge in [-0.1, -0.05) is 0 Å². The molecule has 2 heterocycles. The minimum atomic E-state index is -0.361. The van der Waals surface area contributed by atoms with Crippen LogP contribution in [-0.2, 0) is 0 Å². The standard InChI is InChI=1S/C14H19N3O4/c1-16(10-3-2-4-15-9-10)11-7-13-14(21-6-5-20-13)8-12(11)17(18)19/h7-8,10,15H,2-6,9H2,1H3. The van der Waals surface area contributed by atoms with Gasteiger partial charge in [0.1, 0.15) is 18.9 Å². The van der Waals surface area contributed by atoms with Crippen LogP contribution in [0.5, 0.6) is 11.5 Å². The Morgan fingerprint density at radius 1 is 1.33 bits per heavy atom. The molecule has 3 rings (SSSR count). The maximum Gasteiger partial charge on any atom is 0.296 e. The van der Waals surface area contributed by atoms with Crippen LogP contribution < -0.4 is 19.7 Å². The molecule has 0 bridgehead atoms. The normalized spacial score (nSPS) is 20.9.